The number of thioether (sulfide) groups is 1. The van der Waals surface area contributed by atoms with Gasteiger partial charge in [0.1, 0.15) is 11.6 Å². The molecule has 0 amide bonds. The Morgan fingerprint density at radius 1 is 1.47 bits per heavy atom. The molecule has 0 aliphatic carbocycles. The average Bonchev–Trinajstić information content (AvgIpc) is 2.44. The lowest BCUT2D eigenvalue weighted by atomic mass is 10.3. The van der Waals surface area contributed by atoms with Crippen LogP contribution in [0.25, 0.3) is 0 Å². The van der Waals surface area contributed by atoms with Gasteiger partial charge in [0.2, 0.25) is 5.95 Å². The smallest absolute Gasteiger partial charge is 0.223 e. The maximum Gasteiger partial charge on any atom is 0.223 e. The van der Waals surface area contributed by atoms with Crippen molar-refractivity contribution in [3.8, 4) is 0 Å². The molecule has 1 atom stereocenters. The number of hydrogen-bond acceptors (Lipinski definition) is 6. The van der Waals surface area contributed by atoms with Gasteiger partial charge in [0, 0.05) is 36.7 Å². The van der Waals surface area contributed by atoms with Crippen LogP contribution in [-0.2, 0) is 0 Å². The summed E-state index contributed by atoms with van der Waals surface area (Å²) in [6.07, 6.45) is 2.26. The van der Waals surface area contributed by atoms with Crippen molar-refractivity contribution in [2.75, 3.05) is 41.3 Å². The molecule has 6 heteroatoms. The highest BCUT2D eigenvalue weighted by molar-refractivity contribution is 8.00. The molecule has 5 nitrogen and oxygen atoms in total. The topological polar surface area (TPSA) is 67.1 Å². The Labute approximate surface area is 119 Å². The van der Waals surface area contributed by atoms with Gasteiger partial charge < -0.3 is 16.0 Å². The van der Waals surface area contributed by atoms with Gasteiger partial charge in [-0.05, 0) is 12.8 Å². The van der Waals surface area contributed by atoms with Gasteiger partial charge in [0.15, 0.2) is 0 Å². The van der Waals surface area contributed by atoms with E-state index in [1.165, 1.54) is 6.42 Å². The summed E-state index contributed by atoms with van der Waals surface area (Å²) < 4.78 is 0. The van der Waals surface area contributed by atoms with Crippen molar-refractivity contribution in [2.24, 2.45) is 0 Å². The van der Waals surface area contributed by atoms with E-state index >= 15 is 0 Å². The minimum absolute atomic E-state index is 0.349. The van der Waals surface area contributed by atoms with Gasteiger partial charge in [-0.3, -0.25) is 0 Å². The van der Waals surface area contributed by atoms with Crippen molar-refractivity contribution in [2.45, 2.75) is 31.9 Å². The highest BCUT2D eigenvalue weighted by Gasteiger charge is 2.20. The first-order valence-corrected chi connectivity index (χ1v) is 8.02. The standard InChI is InChI=1S/C13H23N5S/c1-3-5-15-11-8-12(17-13(14)16-11)18-6-7-19-10(4-2)9-18/h8,10H,3-7,9H2,1-2H3,(H3,14,15,16,17). The Balaban J connectivity index is 2.11. The van der Waals surface area contributed by atoms with Gasteiger partial charge in [-0.2, -0.15) is 21.7 Å². The molecule has 0 radical (unpaired) electrons. The summed E-state index contributed by atoms with van der Waals surface area (Å²) in [5.41, 5.74) is 5.81. The number of nitrogens with two attached hydrogens (primary N) is 1. The second-order valence-corrected chi connectivity index (χ2v) is 6.15. The average molecular weight is 281 g/mol. The van der Waals surface area contributed by atoms with Gasteiger partial charge >= 0.3 is 0 Å². The first-order valence-electron chi connectivity index (χ1n) is 6.98. The molecule has 2 heterocycles. The molecule has 2 rings (SSSR count). The Morgan fingerprint density at radius 3 is 3.05 bits per heavy atom. The fourth-order valence-corrected chi connectivity index (χ4v) is 3.31. The monoisotopic (exact) mass is 281 g/mol. The van der Waals surface area contributed by atoms with E-state index in [9.17, 15) is 0 Å². The number of nitrogen functional groups attached to an aromatic ring is 1. The molecular weight excluding hydrogens is 258 g/mol. The molecule has 1 aromatic rings. The molecule has 1 unspecified atom stereocenters. The second-order valence-electron chi connectivity index (χ2n) is 4.74. The molecular formula is C13H23N5S. The van der Waals surface area contributed by atoms with Crippen LogP contribution in [0.1, 0.15) is 26.7 Å². The number of hydrogen-bond donors (Lipinski definition) is 2. The summed E-state index contributed by atoms with van der Waals surface area (Å²) in [5, 5.41) is 3.97. The van der Waals surface area contributed by atoms with Crippen LogP contribution in [0.2, 0.25) is 0 Å². The van der Waals surface area contributed by atoms with Gasteiger partial charge in [0.05, 0.1) is 0 Å². The van der Waals surface area contributed by atoms with Crippen LogP contribution in [0.4, 0.5) is 17.6 Å². The highest BCUT2D eigenvalue weighted by atomic mass is 32.2. The Morgan fingerprint density at radius 2 is 2.32 bits per heavy atom. The normalized spacial score (nSPS) is 19.5. The summed E-state index contributed by atoms with van der Waals surface area (Å²) in [5.74, 6) is 3.28. The Bertz CT molecular complexity index is 412. The third kappa shape index (κ3) is 3.89. The third-order valence-electron chi connectivity index (χ3n) is 3.20. The number of nitrogens with one attached hydrogen (secondary N) is 1. The van der Waals surface area contributed by atoms with E-state index in [1.807, 2.05) is 6.07 Å². The number of rotatable bonds is 5. The summed E-state index contributed by atoms with van der Waals surface area (Å²) in [7, 11) is 0. The quantitative estimate of drug-likeness (QED) is 0.862. The summed E-state index contributed by atoms with van der Waals surface area (Å²) in [6, 6.07) is 2.01. The van der Waals surface area contributed by atoms with Gasteiger partial charge in [-0.1, -0.05) is 13.8 Å². The molecule has 1 aromatic heterocycles. The van der Waals surface area contributed by atoms with Crippen molar-refractivity contribution in [3.63, 3.8) is 0 Å². The highest BCUT2D eigenvalue weighted by Crippen LogP contribution is 2.26. The summed E-state index contributed by atoms with van der Waals surface area (Å²) in [4.78, 5) is 10.9. The maximum atomic E-state index is 5.81. The second kappa shape index (κ2) is 6.84. The van der Waals surface area contributed by atoms with Crippen LogP contribution in [-0.4, -0.2) is 40.6 Å². The molecule has 1 saturated heterocycles. The van der Waals surface area contributed by atoms with Crippen molar-refractivity contribution >= 4 is 29.3 Å². The molecule has 1 fully saturated rings. The molecule has 106 valence electrons. The maximum absolute atomic E-state index is 5.81. The molecule has 0 aromatic carbocycles. The number of aromatic nitrogens is 2. The lowest BCUT2D eigenvalue weighted by Crippen LogP contribution is -2.38. The molecule has 0 saturated carbocycles. The van der Waals surface area contributed by atoms with Crippen LogP contribution in [0.3, 0.4) is 0 Å². The molecule has 3 N–H and O–H groups in total. The number of anilines is 3. The SMILES string of the molecule is CCCNc1cc(N2CCSC(CC)C2)nc(N)n1. The first kappa shape index (κ1) is 14.2. The van der Waals surface area contributed by atoms with Crippen LogP contribution in [0, 0.1) is 0 Å². The van der Waals surface area contributed by atoms with E-state index in [1.54, 1.807) is 0 Å². The predicted molar refractivity (Wildman–Crippen MR) is 84.0 cm³/mol. The van der Waals surface area contributed by atoms with Crippen LogP contribution < -0.4 is 16.0 Å². The molecule has 0 bridgehead atoms. The fraction of sp³-hybridized carbons (Fsp3) is 0.692. The predicted octanol–water partition coefficient (Wildman–Crippen LogP) is 2.21. The molecule has 19 heavy (non-hydrogen) atoms. The zero-order valence-electron chi connectivity index (χ0n) is 11.7. The van der Waals surface area contributed by atoms with Crippen molar-refractivity contribution < 1.29 is 0 Å². The zero-order valence-corrected chi connectivity index (χ0v) is 12.5. The van der Waals surface area contributed by atoms with E-state index in [0.717, 1.165) is 43.4 Å². The largest absolute Gasteiger partial charge is 0.370 e. The Kier molecular flexibility index (Phi) is 5.13. The van der Waals surface area contributed by atoms with Crippen LogP contribution >= 0.6 is 11.8 Å². The van der Waals surface area contributed by atoms with Crippen LogP contribution in [0.5, 0.6) is 0 Å². The van der Waals surface area contributed by atoms with E-state index in [4.69, 9.17) is 5.73 Å². The third-order valence-corrected chi connectivity index (χ3v) is 4.58. The minimum atomic E-state index is 0.349. The van der Waals surface area contributed by atoms with E-state index < -0.39 is 0 Å². The molecule has 1 aliphatic heterocycles. The van der Waals surface area contributed by atoms with Crippen molar-refractivity contribution in [3.05, 3.63) is 6.07 Å². The van der Waals surface area contributed by atoms with Crippen LogP contribution in [0.15, 0.2) is 6.07 Å². The zero-order chi connectivity index (χ0) is 13.7. The van der Waals surface area contributed by atoms with Crippen molar-refractivity contribution in [1.82, 2.24) is 9.97 Å². The number of nitrogens with zero attached hydrogens (tertiary/aromatic N) is 3. The van der Waals surface area contributed by atoms with Crippen molar-refractivity contribution in [1.29, 1.82) is 0 Å². The molecule has 1 aliphatic rings. The van der Waals surface area contributed by atoms with E-state index in [2.05, 4.69) is 45.8 Å². The first-order chi connectivity index (χ1) is 9.22. The lowest BCUT2D eigenvalue weighted by Gasteiger charge is -2.32. The van der Waals surface area contributed by atoms with E-state index in [0.29, 0.717) is 11.2 Å². The van der Waals surface area contributed by atoms with Gasteiger partial charge in [-0.25, -0.2) is 0 Å². The summed E-state index contributed by atoms with van der Waals surface area (Å²) >= 11 is 2.05. The van der Waals surface area contributed by atoms with E-state index in [-0.39, 0.29) is 0 Å². The van der Waals surface area contributed by atoms with Gasteiger partial charge in [-0.15, -0.1) is 0 Å². The van der Waals surface area contributed by atoms with Gasteiger partial charge in [0.25, 0.3) is 0 Å². The minimum Gasteiger partial charge on any atom is -0.370 e. The Hall–Kier alpha value is -1.17. The fourth-order valence-electron chi connectivity index (χ4n) is 2.13. The molecule has 0 spiro atoms. The lowest BCUT2D eigenvalue weighted by molar-refractivity contribution is 0.719. The summed E-state index contributed by atoms with van der Waals surface area (Å²) in [6.45, 7) is 7.36.